The van der Waals surface area contributed by atoms with E-state index in [2.05, 4.69) is 10.3 Å². The number of ether oxygens (including phenoxy) is 2. The molecule has 0 bridgehead atoms. The number of nitriles is 1. The number of nitrogens with zero attached hydrogens (tertiary/aromatic N) is 3. The van der Waals surface area contributed by atoms with Gasteiger partial charge in [-0.3, -0.25) is 14.0 Å². The molecule has 8 nitrogen and oxygen atoms in total. The topological polar surface area (TPSA) is 106 Å². The third-order valence-corrected chi connectivity index (χ3v) is 5.66. The molecule has 0 fully saturated rings. The number of carbonyl (C=O) groups is 1. The Balaban J connectivity index is 1.78. The molecule has 1 N–H and O–H groups in total. The molecule has 0 saturated carbocycles. The molecule has 186 valence electrons. The van der Waals surface area contributed by atoms with Gasteiger partial charge < -0.3 is 14.8 Å². The predicted octanol–water partition coefficient (Wildman–Crippen LogP) is 5.36. The van der Waals surface area contributed by atoms with Crippen LogP contribution in [0.5, 0.6) is 17.4 Å². The van der Waals surface area contributed by atoms with Crippen LogP contribution in [0.4, 0.5) is 5.69 Å². The summed E-state index contributed by atoms with van der Waals surface area (Å²) in [5, 5.41) is 12.5. The van der Waals surface area contributed by atoms with Crippen LogP contribution in [0.1, 0.15) is 29.2 Å². The van der Waals surface area contributed by atoms with E-state index in [1.807, 2.05) is 52.0 Å². The minimum Gasteiger partial charge on any atom is -0.494 e. The van der Waals surface area contributed by atoms with E-state index in [0.29, 0.717) is 29.4 Å². The number of hydrogen-bond acceptors (Lipinski definition) is 6. The summed E-state index contributed by atoms with van der Waals surface area (Å²) in [6, 6.07) is 17.9. The lowest BCUT2D eigenvalue weighted by atomic mass is 10.1. The van der Waals surface area contributed by atoms with E-state index in [1.165, 1.54) is 10.5 Å². The number of rotatable bonds is 7. The maximum Gasteiger partial charge on any atom is 0.269 e. The molecule has 0 unspecified atom stereocenters. The van der Waals surface area contributed by atoms with Crippen molar-refractivity contribution in [2.45, 2.75) is 27.7 Å². The van der Waals surface area contributed by atoms with Crippen molar-refractivity contribution in [3.8, 4) is 23.4 Å². The second-order valence-electron chi connectivity index (χ2n) is 8.47. The van der Waals surface area contributed by atoms with Gasteiger partial charge in [0.15, 0.2) is 0 Å². The summed E-state index contributed by atoms with van der Waals surface area (Å²) < 4.78 is 12.9. The lowest BCUT2D eigenvalue weighted by Crippen LogP contribution is -2.20. The Morgan fingerprint density at radius 2 is 1.86 bits per heavy atom. The average molecular weight is 495 g/mol. The summed E-state index contributed by atoms with van der Waals surface area (Å²) in [5.41, 5.74) is 2.84. The Hall–Kier alpha value is -4.90. The predicted molar refractivity (Wildman–Crippen MR) is 142 cm³/mol. The molecule has 8 heteroatoms. The zero-order chi connectivity index (χ0) is 26.5. The van der Waals surface area contributed by atoms with E-state index in [-0.39, 0.29) is 17.0 Å². The van der Waals surface area contributed by atoms with Gasteiger partial charge >= 0.3 is 0 Å². The number of pyridine rings is 1. The molecule has 37 heavy (non-hydrogen) atoms. The van der Waals surface area contributed by atoms with Crippen molar-refractivity contribution >= 4 is 23.3 Å². The summed E-state index contributed by atoms with van der Waals surface area (Å²) >= 11 is 0. The fourth-order valence-corrected chi connectivity index (χ4v) is 3.80. The molecular formula is C29H26N4O4. The van der Waals surface area contributed by atoms with Crippen LogP contribution in [0.25, 0.3) is 11.7 Å². The number of nitrogens with one attached hydrogen (secondary N) is 1. The molecule has 2 aromatic carbocycles. The summed E-state index contributed by atoms with van der Waals surface area (Å²) in [6.45, 7) is 8.10. The number of benzene rings is 2. The van der Waals surface area contributed by atoms with Crippen LogP contribution < -0.4 is 20.3 Å². The molecule has 2 aromatic heterocycles. The minimum atomic E-state index is -0.669. The molecule has 4 rings (SSSR count). The van der Waals surface area contributed by atoms with Gasteiger partial charge in [0, 0.05) is 11.9 Å². The van der Waals surface area contributed by atoms with Crippen LogP contribution in [-0.4, -0.2) is 21.9 Å². The van der Waals surface area contributed by atoms with E-state index >= 15 is 0 Å². The monoisotopic (exact) mass is 494 g/mol. The Labute approximate surface area is 214 Å². The van der Waals surface area contributed by atoms with E-state index in [0.717, 1.165) is 16.7 Å². The van der Waals surface area contributed by atoms with E-state index < -0.39 is 11.5 Å². The largest absolute Gasteiger partial charge is 0.494 e. The molecule has 0 aliphatic rings. The summed E-state index contributed by atoms with van der Waals surface area (Å²) in [7, 11) is 0. The lowest BCUT2D eigenvalue weighted by molar-refractivity contribution is -0.112. The second-order valence-corrected chi connectivity index (χ2v) is 8.47. The summed E-state index contributed by atoms with van der Waals surface area (Å²) in [4.78, 5) is 31.0. The van der Waals surface area contributed by atoms with Crippen molar-refractivity contribution in [1.82, 2.24) is 9.38 Å². The van der Waals surface area contributed by atoms with Gasteiger partial charge in [-0.15, -0.1) is 0 Å². The van der Waals surface area contributed by atoms with Gasteiger partial charge in [-0.2, -0.15) is 10.2 Å². The summed E-state index contributed by atoms with van der Waals surface area (Å²) in [6.07, 6.45) is 2.80. The Morgan fingerprint density at radius 3 is 2.54 bits per heavy atom. The highest BCUT2D eigenvalue weighted by Crippen LogP contribution is 2.28. The zero-order valence-electron chi connectivity index (χ0n) is 21.0. The first-order chi connectivity index (χ1) is 17.8. The van der Waals surface area contributed by atoms with Gasteiger partial charge in [-0.05, 0) is 81.3 Å². The van der Waals surface area contributed by atoms with Gasteiger partial charge in [0.2, 0.25) is 5.88 Å². The van der Waals surface area contributed by atoms with Gasteiger partial charge in [-0.25, -0.2) is 0 Å². The highest BCUT2D eigenvalue weighted by Gasteiger charge is 2.19. The molecule has 0 saturated heterocycles. The van der Waals surface area contributed by atoms with Crippen molar-refractivity contribution in [2.24, 2.45) is 0 Å². The third kappa shape index (κ3) is 5.52. The Bertz CT molecular complexity index is 1610. The third-order valence-electron chi connectivity index (χ3n) is 5.66. The fraction of sp³-hybridized carbons (Fsp3) is 0.172. The van der Waals surface area contributed by atoms with Crippen molar-refractivity contribution in [3.63, 3.8) is 0 Å². The van der Waals surface area contributed by atoms with Crippen molar-refractivity contribution in [3.05, 3.63) is 99.0 Å². The standard InChI is InChI=1S/C29H26N4O4/c1-5-36-23-11-9-22(10-12-23)31-27(34)21(17-30)16-24-28(37-25-13-8-18(2)15-20(25)4)32-26-19(3)7-6-14-33(26)29(24)35/h6-16H,5H2,1-4H3,(H,31,34)/b21-16+. The van der Waals surface area contributed by atoms with Gasteiger partial charge in [0.1, 0.15) is 34.4 Å². The fourth-order valence-electron chi connectivity index (χ4n) is 3.80. The number of aryl methyl sites for hydroxylation is 3. The Morgan fingerprint density at radius 1 is 1.11 bits per heavy atom. The number of amides is 1. The highest BCUT2D eigenvalue weighted by molar-refractivity contribution is 6.09. The van der Waals surface area contributed by atoms with Crippen LogP contribution in [0, 0.1) is 32.1 Å². The van der Waals surface area contributed by atoms with Crippen molar-refractivity contribution in [2.75, 3.05) is 11.9 Å². The number of hydrogen-bond donors (Lipinski definition) is 1. The first kappa shape index (κ1) is 25.2. The number of carbonyl (C=O) groups excluding carboxylic acids is 1. The van der Waals surface area contributed by atoms with Crippen LogP contribution in [0.15, 0.2) is 71.2 Å². The van der Waals surface area contributed by atoms with Crippen LogP contribution in [0.3, 0.4) is 0 Å². The zero-order valence-corrected chi connectivity index (χ0v) is 21.0. The first-order valence-corrected chi connectivity index (χ1v) is 11.7. The minimum absolute atomic E-state index is 0.00729. The number of fused-ring (bicyclic) bond motifs is 1. The quantitative estimate of drug-likeness (QED) is 0.274. The average Bonchev–Trinajstić information content (AvgIpc) is 2.87. The van der Waals surface area contributed by atoms with Crippen LogP contribution in [-0.2, 0) is 4.79 Å². The van der Waals surface area contributed by atoms with Gasteiger partial charge in [0.25, 0.3) is 11.5 Å². The van der Waals surface area contributed by atoms with Gasteiger partial charge in [-0.1, -0.05) is 23.8 Å². The second kappa shape index (κ2) is 10.8. The normalized spacial score (nSPS) is 11.2. The maximum atomic E-state index is 13.5. The maximum absolute atomic E-state index is 13.5. The molecule has 4 aromatic rings. The van der Waals surface area contributed by atoms with Crippen molar-refractivity contribution < 1.29 is 14.3 Å². The highest BCUT2D eigenvalue weighted by atomic mass is 16.5. The number of aromatic nitrogens is 2. The molecule has 0 aliphatic carbocycles. The lowest BCUT2D eigenvalue weighted by Gasteiger charge is -2.13. The molecular weight excluding hydrogens is 468 g/mol. The van der Waals surface area contributed by atoms with E-state index in [4.69, 9.17) is 9.47 Å². The number of anilines is 1. The SMILES string of the molecule is CCOc1ccc(NC(=O)/C(C#N)=C/c2c(Oc3ccc(C)cc3C)nc3c(C)cccn3c2=O)cc1. The van der Waals surface area contributed by atoms with Gasteiger partial charge in [0.05, 0.1) is 6.61 Å². The molecule has 0 radical (unpaired) electrons. The van der Waals surface area contributed by atoms with Crippen LogP contribution in [0.2, 0.25) is 0 Å². The molecule has 1 amide bonds. The summed E-state index contributed by atoms with van der Waals surface area (Å²) in [5.74, 6) is 0.517. The molecule has 0 aliphatic heterocycles. The first-order valence-electron chi connectivity index (χ1n) is 11.7. The Kier molecular flexibility index (Phi) is 7.35. The molecule has 0 spiro atoms. The van der Waals surface area contributed by atoms with Crippen LogP contribution >= 0.6 is 0 Å². The van der Waals surface area contributed by atoms with Crippen molar-refractivity contribution in [1.29, 1.82) is 5.26 Å². The smallest absolute Gasteiger partial charge is 0.269 e. The van der Waals surface area contributed by atoms with E-state index in [9.17, 15) is 14.9 Å². The molecule has 0 atom stereocenters. The molecule has 2 heterocycles. The van der Waals surface area contributed by atoms with E-state index in [1.54, 1.807) is 42.6 Å².